The minimum absolute atomic E-state index is 0.144. The first-order valence-electron chi connectivity index (χ1n) is 5.27. The van der Waals surface area contributed by atoms with Gasteiger partial charge >= 0.3 is 0 Å². The van der Waals surface area contributed by atoms with Crippen LogP contribution in [0.25, 0.3) is 0 Å². The fourth-order valence-electron chi connectivity index (χ4n) is 1.72. The second kappa shape index (κ2) is 4.81. The van der Waals surface area contributed by atoms with E-state index in [0.29, 0.717) is 12.0 Å². The first-order chi connectivity index (χ1) is 7.77. The molecule has 2 heteroatoms. The highest BCUT2D eigenvalue weighted by atomic mass is 16.3. The summed E-state index contributed by atoms with van der Waals surface area (Å²) in [6.07, 6.45) is -0.151. The van der Waals surface area contributed by atoms with Crippen molar-refractivity contribution in [3.63, 3.8) is 0 Å². The molecule has 0 bridgehead atoms. The number of hydrogen-bond acceptors (Lipinski definition) is 2. The molecule has 2 aromatic carbocycles. The van der Waals surface area contributed by atoms with E-state index in [9.17, 15) is 10.2 Å². The van der Waals surface area contributed by atoms with E-state index in [1.54, 1.807) is 18.2 Å². The number of benzene rings is 2. The molecular weight excluding hydrogens is 200 g/mol. The van der Waals surface area contributed by atoms with E-state index in [4.69, 9.17) is 0 Å². The molecule has 0 radical (unpaired) electrons. The molecular formula is C14H14O2. The van der Waals surface area contributed by atoms with Crippen LogP contribution in [0, 0.1) is 0 Å². The van der Waals surface area contributed by atoms with Crippen molar-refractivity contribution in [2.24, 2.45) is 0 Å². The second-order valence-corrected chi connectivity index (χ2v) is 3.76. The Morgan fingerprint density at radius 1 is 0.875 bits per heavy atom. The van der Waals surface area contributed by atoms with Crippen LogP contribution in [-0.2, 0) is 6.42 Å². The molecule has 0 fully saturated rings. The second-order valence-electron chi connectivity index (χ2n) is 3.76. The van der Waals surface area contributed by atoms with Crippen molar-refractivity contribution >= 4 is 0 Å². The lowest BCUT2D eigenvalue weighted by atomic mass is 10.0. The third-order valence-corrected chi connectivity index (χ3v) is 2.57. The van der Waals surface area contributed by atoms with Crippen LogP contribution in [0.5, 0.6) is 5.75 Å². The Kier molecular flexibility index (Phi) is 3.22. The van der Waals surface area contributed by atoms with Gasteiger partial charge in [0, 0.05) is 12.0 Å². The van der Waals surface area contributed by atoms with Crippen molar-refractivity contribution < 1.29 is 10.2 Å². The zero-order chi connectivity index (χ0) is 11.4. The summed E-state index contributed by atoms with van der Waals surface area (Å²) in [7, 11) is 0. The van der Waals surface area contributed by atoms with Crippen molar-refractivity contribution in [2.75, 3.05) is 0 Å². The standard InChI is InChI=1S/C14H14O2/c15-13-9-5-4-8-12(13)14(16)10-11-6-2-1-3-7-11/h1-9,14-16H,10H2/t14-/m1/s1. The highest BCUT2D eigenvalue weighted by Gasteiger charge is 2.11. The fourth-order valence-corrected chi connectivity index (χ4v) is 1.72. The summed E-state index contributed by atoms with van der Waals surface area (Å²) < 4.78 is 0. The summed E-state index contributed by atoms with van der Waals surface area (Å²) in [5.74, 6) is 0.144. The normalized spacial score (nSPS) is 12.3. The van der Waals surface area contributed by atoms with Crippen LogP contribution >= 0.6 is 0 Å². The topological polar surface area (TPSA) is 40.5 Å². The van der Waals surface area contributed by atoms with Gasteiger partial charge in [-0.25, -0.2) is 0 Å². The fraction of sp³-hybridized carbons (Fsp3) is 0.143. The maximum Gasteiger partial charge on any atom is 0.121 e. The van der Waals surface area contributed by atoms with Crippen LogP contribution in [0.3, 0.4) is 0 Å². The summed E-state index contributed by atoms with van der Waals surface area (Å²) >= 11 is 0. The molecule has 0 spiro atoms. The number of para-hydroxylation sites is 1. The van der Waals surface area contributed by atoms with Gasteiger partial charge in [0.15, 0.2) is 0 Å². The molecule has 16 heavy (non-hydrogen) atoms. The lowest BCUT2D eigenvalue weighted by molar-refractivity contribution is 0.174. The van der Waals surface area contributed by atoms with Crippen molar-refractivity contribution in [1.29, 1.82) is 0 Å². The number of rotatable bonds is 3. The van der Waals surface area contributed by atoms with Gasteiger partial charge in [-0.1, -0.05) is 48.5 Å². The third kappa shape index (κ3) is 2.41. The van der Waals surface area contributed by atoms with Gasteiger partial charge < -0.3 is 10.2 Å². The molecule has 82 valence electrons. The van der Waals surface area contributed by atoms with Crippen molar-refractivity contribution in [2.45, 2.75) is 12.5 Å². The Labute approximate surface area is 94.8 Å². The summed E-state index contributed by atoms with van der Waals surface area (Å²) in [4.78, 5) is 0. The van der Waals surface area contributed by atoms with E-state index in [2.05, 4.69) is 0 Å². The van der Waals surface area contributed by atoms with Crippen molar-refractivity contribution in [1.82, 2.24) is 0 Å². The number of phenols is 1. The van der Waals surface area contributed by atoms with E-state index in [1.165, 1.54) is 0 Å². The van der Waals surface area contributed by atoms with E-state index in [1.807, 2.05) is 36.4 Å². The van der Waals surface area contributed by atoms with Gasteiger partial charge in [0.2, 0.25) is 0 Å². The summed E-state index contributed by atoms with van der Waals surface area (Å²) in [5.41, 5.74) is 1.63. The minimum atomic E-state index is -0.663. The highest BCUT2D eigenvalue weighted by molar-refractivity contribution is 5.34. The van der Waals surface area contributed by atoms with Crippen LogP contribution in [0.2, 0.25) is 0 Å². The van der Waals surface area contributed by atoms with E-state index >= 15 is 0 Å². The lowest BCUT2D eigenvalue weighted by Crippen LogP contribution is -2.01. The molecule has 0 saturated carbocycles. The summed E-state index contributed by atoms with van der Waals surface area (Å²) in [5, 5.41) is 19.6. The SMILES string of the molecule is Oc1ccccc1[C@H](O)Cc1ccccc1. The Hall–Kier alpha value is -1.80. The molecule has 0 aliphatic rings. The van der Waals surface area contributed by atoms with Gasteiger partial charge in [0.05, 0.1) is 6.10 Å². The molecule has 1 atom stereocenters. The molecule has 0 aromatic heterocycles. The zero-order valence-electron chi connectivity index (χ0n) is 8.88. The number of aromatic hydroxyl groups is 1. The van der Waals surface area contributed by atoms with Gasteiger partial charge in [-0.05, 0) is 11.6 Å². The van der Waals surface area contributed by atoms with Gasteiger partial charge in [0.25, 0.3) is 0 Å². The zero-order valence-corrected chi connectivity index (χ0v) is 8.88. The number of phenolic OH excluding ortho intramolecular Hbond substituents is 1. The van der Waals surface area contributed by atoms with Crippen LogP contribution in [0.4, 0.5) is 0 Å². The Bertz CT molecular complexity index is 451. The van der Waals surface area contributed by atoms with Gasteiger partial charge in [-0.3, -0.25) is 0 Å². The third-order valence-electron chi connectivity index (χ3n) is 2.57. The molecule has 0 amide bonds. The van der Waals surface area contributed by atoms with Crippen molar-refractivity contribution in [3.05, 3.63) is 65.7 Å². The largest absolute Gasteiger partial charge is 0.508 e. The van der Waals surface area contributed by atoms with Crippen LogP contribution in [0.1, 0.15) is 17.2 Å². The Balaban J connectivity index is 2.15. The first-order valence-corrected chi connectivity index (χ1v) is 5.27. The van der Waals surface area contributed by atoms with Crippen LogP contribution in [0.15, 0.2) is 54.6 Å². The van der Waals surface area contributed by atoms with E-state index in [0.717, 1.165) is 5.56 Å². The van der Waals surface area contributed by atoms with Crippen LogP contribution < -0.4 is 0 Å². The molecule has 0 aliphatic heterocycles. The average Bonchev–Trinajstić information content (AvgIpc) is 2.31. The smallest absolute Gasteiger partial charge is 0.121 e. The minimum Gasteiger partial charge on any atom is -0.508 e. The maximum absolute atomic E-state index is 9.99. The number of aliphatic hydroxyl groups is 1. The van der Waals surface area contributed by atoms with Gasteiger partial charge in [0.1, 0.15) is 5.75 Å². The monoisotopic (exact) mass is 214 g/mol. The van der Waals surface area contributed by atoms with E-state index < -0.39 is 6.10 Å². The van der Waals surface area contributed by atoms with Crippen molar-refractivity contribution in [3.8, 4) is 5.75 Å². The Morgan fingerprint density at radius 3 is 2.19 bits per heavy atom. The van der Waals surface area contributed by atoms with Gasteiger partial charge in [-0.2, -0.15) is 0 Å². The molecule has 0 aliphatic carbocycles. The first kappa shape index (κ1) is 10.7. The van der Waals surface area contributed by atoms with Gasteiger partial charge in [-0.15, -0.1) is 0 Å². The molecule has 0 saturated heterocycles. The molecule has 0 unspecified atom stereocenters. The maximum atomic E-state index is 9.99. The molecule has 2 aromatic rings. The summed E-state index contributed by atoms with van der Waals surface area (Å²) in [6, 6.07) is 16.6. The van der Waals surface area contributed by atoms with Crippen LogP contribution in [-0.4, -0.2) is 10.2 Å². The van der Waals surface area contributed by atoms with E-state index in [-0.39, 0.29) is 5.75 Å². The average molecular weight is 214 g/mol. The predicted octanol–water partition coefficient (Wildman–Crippen LogP) is 2.67. The molecule has 2 rings (SSSR count). The highest BCUT2D eigenvalue weighted by Crippen LogP contribution is 2.25. The molecule has 2 nitrogen and oxygen atoms in total. The number of aliphatic hydroxyl groups excluding tert-OH is 1. The molecule has 0 heterocycles. The Morgan fingerprint density at radius 2 is 1.50 bits per heavy atom. The summed E-state index contributed by atoms with van der Waals surface area (Å²) in [6.45, 7) is 0. The predicted molar refractivity (Wildman–Crippen MR) is 63.2 cm³/mol. The number of hydrogen-bond donors (Lipinski definition) is 2. The molecule has 2 N–H and O–H groups in total. The lowest BCUT2D eigenvalue weighted by Gasteiger charge is -2.12. The quantitative estimate of drug-likeness (QED) is 0.824.